The van der Waals surface area contributed by atoms with Crippen LogP contribution in [0, 0.1) is 5.41 Å². The highest BCUT2D eigenvalue weighted by Crippen LogP contribution is 2.39. The molecule has 2 nitrogen and oxygen atoms in total. The van der Waals surface area contributed by atoms with Crippen molar-refractivity contribution in [2.24, 2.45) is 5.41 Å². The summed E-state index contributed by atoms with van der Waals surface area (Å²) in [6.07, 6.45) is 10.4. The minimum absolute atomic E-state index is 0.552. The minimum Gasteiger partial charge on any atom is -0.317 e. The van der Waals surface area contributed by atoms with Crippen molar-refractivity contribution in [3.05, 3.63) is 12.2 Å². The lowest BCUT2D eigenvalue weighted by molar-refractivity contribution is 0.190. The predicted octanol–water partition coefficient (Wildman–Crippen LogP) is 2.03. The fourth-order valence-corrected chi connectivity index (χ4v) is 2.87. The molecule has 1 heterocycles. The summed E-state index contributed by atoms with van der Waals surface area (Å²) in [4.78, 5) is 2.45. The van der Waals surface area contributed by atoms with Crippen LogP contribution in [0.3, 0.4) is 0 Å². The number of piperidine rings is 1. The quantitative estimate of drug-likeness (QED) is 0.699. The zero-order valence-corrected chi connectivity index (χ0v) is 10.1. The molecule has 0 amide bonds. The Bertz CT molecular complexity index is 229. The third kappa shape index (κ3) is 2.43. The first-order valence-electron chi connectivity index (χ1n) is 6.36. The van der Waals surface area contributed by atoms with E-state index in [0.717, 1.165) is 6.54 Å². The van der Waals surface area contributed by atoms with Crippen molar-refractivity contribution in [1.29, 1.82) is 0 Å². The van der Waals surface area contributed by atoms with E-state index in [9.17, 15) is 0 Å². The largest absolute Gasteiger partial charge is 0.317 e. The van der Waals surface area contributed by atoms with E-state index in [1.807, 2.05) is 0 Å². The molecule has 0 bridgehead atoms. The zero-order valence-electron chi connectivity index (χ0n) is 10.1. The molecular weight excluding hydrogens is 184 g/mol. The van der Waals surface area contributed by atoms with Gasteiger partial charge >= 0.3 is 0 Å². The lowest BCUT2D eigenvalue weighted by atomic mass is 9.71. The second-order valence-electron chi connectivity index (χ2n) is 5.15. The second-order valence-corrected chi connectivity index (χ2v) is 5.15. The van der Waals surface area contributed by atoms with E-state index in [-0.39, 0.29) is 0 Å². The van der Waals surface area contributed by atoms with Crippen LogP contribution in [0.15, 0.2) is 12.2 Å². The maximum Gasteiger partial charge on any atom is 0.0275 e. The molecule has 0 aromatic heterocycles. The zero-order chi connectivity index (χ0) is 10.7. The Labute approximate surface area is 93.7 Å². The molecule has 86 valence electrons. The van der Waals surface area contributed by atoms with Crippen LogP contribution in [0.5, 0.6) is 0 Å². The van der Waals surface area contributed by atoms with Gasteiger partial charge in [0.15, 0.2) is 0 Å². The van der Waals surface area contributed by atoms with Crippen LogP contribution in [0.1, 0.15) is 32.6 Å². The number of rotatable bonds is 2. The average Bonchev–Trinajstić information content (AvgIpc) is 2.30. The van der Waals surface area contributed by atoms with Gasteiger partial charge in [0.05, 0.1) is 0 Å². The Hall–Kier alpha value is -0.340. The molecule has 15 heavy (non-hydrogen) atoms. The molecule has 1 saturated heterocycles. The van der Waals surface area contributed by atoms with Gasteiger partial charge in [0.25, 0.3) is 0 Å². The number of nitrogens with one attached hydrogen (secondary N) is 1. The molecule has 2 rings (SSSR count). The lowest BCUT2D eigenvalue weighted by Gasteiger charge is -2.40. The number of hydrogen-bond acceptors (Lipinski definition) is 2. The summed E-state index contributed by atoms with van der Waals surface area (Å²) in [5.41, 5.74) is 0.552. The summed E-state index contributed by atoms with van der Waals surface area (Å²) in [5, 5.41) is 3.46. The minimum atomic E-state index is 0.552. The van der Waals surface area contributed by atoms with Gasteiger partial charge in [-0.05, 0) is 57.8 Å². The highest BCUT2D eigenvalue weighted by molar-refractivity contribution is 5.10. The van der Waals surface area contributed by atoms with E-state index in [1.165, 1.54) is 38.8 Å². The van der Waals surface area contributed by atoms with E-state index in [4.69, 9.17) is 0 Å². The average molecular weight is 208 g/mol. The van der Waals surface area contributed by atoms with Gasteiger partial charge in [-0.15, -0.1) is 0 Å². The van der Waals surface area contributed by atoms with Crippen molar-refractivity contribution >= 4 is 0 Å². The standard InChI is InChI=1S/C13H24N2/c1-3-15(2)12-4-6-13(7-5-12)8-10-14-11-9-13/h4,6,12,14H,3,5,7-11H2,1-2H3. The van der Waals surface area contributed by atoms with Gasteiger partial charge in [-0.25, -0.2) is 0 Å². The van der Waals surface area contributed by atoms with Gasteiger partial charge in [-0.3, -0.25) is 0 Å². The van der Waals surface area contributed by atoms with Gasteiger partial charge in [0.2, 0.25) is 0 Å². The molecule has 1 atom stereocenters. The number of allylic oxidation sites excluding steroid dienone is 1. The molecule has 0 aromatic rings. The molecule has 0 aromatic carbocycles. The third-order valence-electron chi connectivity index (χ3n) is 4.27. The molecule has 1 aliphatic heterocycles. The van der Waals surface area contributed by atoms with E-state index < -0.39 is 0 Å². The molecule has 1 fully saturated rings. The Kier molecular flexibility index (Phi) is 3.47. The van der Waals surface area contributed by atoms with Gasteiger partial charge in [-0.1, -0.05) is 19.1 Å². The molecular formula is C13H24N2. The van der Waals surface area contributed by atoms with Crippen molar-refractivity contribution in [2.45, 2.75) is 38.6 Å². The Morgan fingerprint density at radius 2 is 2.07 bits per heavy atom. The summed E-state index contributed by atoms with van der Waals surface area (Å²) in [7, 11) is 2.23. The van der Waals surface area contributed by atoms with Gasteiger partial charge in [0.1, 0.15) is 0 Å². The van der Waals surface area contributed by atoms with Gasteiger partial charge < -0.3 is 10.2 Å². The summed E-state index contributed by atoms with van der Waals surface area (Å²) < 4.78 is 0. The van der Waals surface area contributed by atoms with Crippen LogP contribution in [0.2, 0.25) is 0 Å². The van der Waals surface area contributed by atoms with Crippen LogP contribution >= 0.6 is 0 Å². The fraction of sp³-hybridized carbons (Fsp3) is 0.846. The smallest absolute Gasteiger partial charge is 0.0275 e. The monoisotopic (exact) mass is 208 g/mol. The number of hydrogen-bond donors (Lipinski definition) is 1. The van der Waals surface area contributed by atoms with Crippen molar-refractivity contribution < 1.29 is 0 Å². The molecule has 0 radical (unpaired) electrons. The Morgan fingerprint density at radius 3 is 2.60 bits per heavy atom. The van der Waals surface area contributed by atoms with Crippen LogP contribution in [0.4, 0.5) is 0 Å². The summed E-state index contributed by atoms with van der Waals surface area (Å²) in [6, 6.07) is 0.690. The van der Waals surface area contributed by atoms with Crippen LogP contribution in [-0.2, 0) is 0 Å². The van der Waals surface area contributed by atoms with E-state index >= 15 is 0 Å². The summed E-state index contributed by atoms with van der Waals surface area (Å²) in [6.45, 7) is 5.81. The Balaban J connectivity index is 1.97. The maximum atomic E-state index is 3.46. The highest BCUT2D eigenvalue weighted by Gasteiger charge is 2.32. The number of likely N-dealkylation sites (N-methyl/N-ethyl adjacent to an activating group) is 1. The van der Waals surface area contributed by atoms with Crippen LogP contribution in [0.25, 0.3) is 0 Å². The van der Waals surface area contributed by atoms with Crippen LogP contribution in [-0.4, -0.2) is 37.6 Å². The summed E-state index contributed by atoms with van der Waals surface area (Å²) >= 11 is 0. The van der Waals surface area contributed by atoms with Crippen molar-refractivity contribution in [2.75, 3.05) is 26.7 Å². The first-order chi connectivity index (χ1) is 7.26. The maximum absolute atomic E-state index is 3.46. The third-order valence-corrected chi connectivity index (χ3v) is 4.27. The number of nitrogens with zero attached hydrogens (tertiary/aromatic N) is 1. The first kappa shape index (κ1) is 11.2. The van der Waals surface area contributed by atoms with E-state index in [0.29, 0.717) is 11.5 Å². The van der Waals surface area contributed by atoms with Crippen LogP contribution < -0.4 is 5.32 Å². The fourth-order valence-electron chi connectivity index (χ4n) is 2.87. The molecule has 1 aliphatic carbocycles. The molecule has 1 spiro atoms. The predicted molar refractivity (Wildman–Crippen MR) is 65.0 cm³/mol. The normalized spacial score (nSPS) is 29.9. The highest BCUT2D eigenvalue weighted by atomic mass is 15.1. The van der Waals surface area contributed by atoms with Crippen molar-refractivity contribution in [3.8, 4) is 0 Å². The van der Waals surface area contributed by atoms with E-state index in [1.54, 1.807) is 0 Å². The molecule has 2 aliphatic rings. The summed E-state index contributed by atoms with van der Waals surface area (Å²) in [5.74, 6) is 0. The lowest BCUT2D eigenvalue weighted by Crippen LogP contribution is -2.40. The molecule has 2 heteroatoms. The van der Waals surface area contributed by atoms with Crippen molar-refractivity contribution in [1.82, 2.24) is 10.2 Å². The topological polar surface area (TPSA) is 15.3 Å². The SMILES string of the molecule is CCN(C)C1C=CC2(CCNCC2)CC1. The van der Waals surface area contributed by atoms with E-state index in [2.05, 4.69) is 36.3 Å². The van der Waals surface area contributed by atoms with Gasteiger partial charge in [-0.2, -0.15) is 0 Å². The molecule has 1 N–H and O–H groups in total. The molecule has 1 unspecified atom stereocenters. The molecule has 0 saturated carbocycles. The Morgan fingerprint density at radius 1 is 1.33 bits per heavy atom. The van der Waals surface area contributed by atoms with Crippen molar-refractivity contribution in [3.63, 3.8) is 0 Å². The second kappa shape index (κ2) is 4.67. The van der Waals surface area contributed by atoms with Gasteiger partial charge in [0, 0.05) is 6.04 Å². The first-order valence-corrected chi connectivity index (χ1v) is 6.36.